The molecule has 7 nitrogen and oxygen atoms in total. The van der Waals surface area contributed by atoms with Gasteiger partial charge in [0, 0.05) is 31.0 Å². The number of nitrogens with one attached hydrogen (secondary N) is 1. The number of nitrogens with zero attached hydrogens (tertiary/aromatic N) is 3. The van der Waals surface area contributed by atoms with Crippen LogP contribution in [0.1, 0.15) is 55.3 Å². The Morgan fingerprint density at radius 3 is 2.38 bits per heavy atom. The average molecular weight is 437 g/mol. The fourth-order valence-electron chi connectivity index (χ4n) is 4.51. The maximum absolute atomic E-state index is 13.4. The Bertz CT molecular complexity index is 902. The monoisotopic (exact) mass is 436 g/mol. The Morgan fingerprint density at radius 2 is 1.75 bits per heavy atom. The van der Waals surface area contributed by atoms with E-state index in [0.29, 0.717) is 17.0 Å². The van der Waals surface area contributed by atoms with Gasteiger partial charge in [0.05, 0.1) is 12.7 Å². The van der Waals surface area contributed by atoms with Crippen molar-refractivity contribution in [1.82, 2.24) is 10.3 Å². The van der Waals surface area contributed by atoms with E-state index in [1.807, 2.05) is 6.07 Å². The number of ether oxygens (including phenoxy) is 1. The van der Waals surface area contributed by atoms with Gasteiger partial charge in [0.15, 0.2) is 0 Å². The lowest BCUT2D eigenvalue weighted by Gasteiger charge is -2.26. The lowest BCUT2D eigenvalue weighted by molar-refractivity contribution is -0.120. The van der Waals surface area contributed by atoms with Crippen molar-refractivity contribution in [3.63, 3.8) is 0 Å². The average Bonchev–Trinajstić information content (AvgIpc) is 3.38. The Kier molecular flexibility index (Phi) is 7.24. The number of carbonyl (C=O) groups excluding carboxylic acids is 2. The predicted molar refractivity (Wildman–Crippen MR) is 125 cm³/mol. The summed E-state index contributed by atoms with van der Waals surface area (Å²) in [7, 11) is 1.60. The van der Waals surface area contributed by atoms with Crippen molar-refractivity contribution in [3.8, 4) is 5.75 Å². The van der Waals surface area contributed by atoms with Crippen LogP contribution < -0.4 is 19.9 Å². The number of hydrogen-bond acceptors (Lipinski definition) is 5. The van der Waals surface area contributed by atoms with E-state index >= 15 is 0 Å². The highest BCUT2D eigenvalue weighted by Gasteiger charge is 2.24. The molecule has 2 heterocycles. The molecule has 1 aliphatic carbocycles. The normalized spacial score (nSPS) is 16.6. The van der Waals surface area contributed by atoms with Crippen molar-refractivity contribution in [2.45, 2.75) is 51.0 Å². The van der Waals surface area contributed by atoms with Crippen molar-refractivity contribution < 1.29 is 14.3 Å². The van der Waals surface area contributed by atoms with Crippen molar-refractivity contribution in [2.75, 3.05) is 36.5 Å². The molecule has 32 heavy (non-hydrogen) atoms. The molecule has 2 aromatic rings. The quantitative estimate of drug-likeness (QED) is 0.715. The summed E-state index contributed by atoms with van der Waals surface area (Å²) >= 11 is 0. The van der Waals surface area contributed by atoms with Crippen LogP contribution in [0.25, 0.3) is 0 Å². The number of hydrogen-bond donors (Lipinski definition) is 1. The van der Waals surface area contributed by atoms with Gasteiger partial charge in [0.1, 0.15) is 18.1 Å². The zero-order chi connectivity index (χ0) is 22.3. The Labute approximate surface area is 189 Å². The second-order valence-electron chi connectivity index (χ2n) is 8.59. The lowest BCUT2D eigenvalue weighted by Crippen LogP contribution is -2.45. The summed E-state index contributed by atoms with van der Waals surface area (Å²) in [5, 5.41) is 3.11. The molecule has 0 atom stereocenters. The first-order chi connectivity index (χ1) is 15.6. The number of anilines is 2. The molecule has 0 spiro atoms. The van der Waals surface area contributed by atoms with E-state index in [4.69, 9.17) is 4.74 Å². The molecule has 1 aliphatic heterocycles. The fourth-order valence-corrected chi connectivity index (χ4v) is 4.51. The molecule has 7 heteroatoms. The van der Waals surface area contributed by atoms with Gasteiger partial charge in [-0.15, -0.1) is 0 Å². The minimum atomic E-state index is -0.241. The number of benzene rings is 1. The van der Waals surface area contributed by atoms with Crippen LogP contribution >= 0.6 is 0 Å². The number of methoxy groups -OCH3 is 1. The largest absolute Gasteiger partial charge is 0.497 e. The third-order valence-electron chi connectivity index (χ3n) is 6.33. The number of rotatable bonds is 7. The van der Waals surface area contributed by atoms with Gasteiger partial charge in [-0.25, -0.2) is 4.98 Å². The van der Waals surface area contributed by atoms with Crippen LogP contribution in [-0.4, -0.2) is 49.6 Å². The third kappa shape index (κ3) is 5.39. The van der Waals surface area contributed by atoms with Gasteiger partial charge in [0.25, 0.3) is 5.91 Å². The molecular formula is C25H32N4O3. The highest BCUT2D eigenvalue weighted by molar-refractivity contribution is 6.08. The summed E-state index contributed by atoms with van der Waals surface area (Å²) in [5.74, 6) is 1.21. The van der Waals surface area contributed by atoms with E-state index in [0.717, 1.165) is 44.6 Å². The zero-order valence-electron chi connectivity index (χ0n) is 18.8. The van der Waals surface area contributed by atoms with Gasteiger partial charge in [-0.3, -0.25) is 14.5 Å². The molecule has 170 valence electrons. The van der Waals surface area contributed by atoms with Gasteiger partial charge in [-0.2, -0.15) is 0 Å². The Balaban J connectivity index is 1.51. The minimum absolute atomic E-state index is 0.0322. The molecule has 1 N–H and O–H groups in total. The van der Waals surface area contributed by atoms with Gasteiger partial charge in [-0.05, 0) is 62.1 Å². The topological polar surface area (TPSA) is 74.8 Å². The summed E-state index contributed by atoms with van der Waals surface area (Å²) < 4.78 is 5.24. The van der Waals surface area contributed by atoms with Crippen LogP contribution in [0.15, 0.2) is 42.6 Å². The van der Waals surface area contributed by atoms with Gasteiger partial charge >= 0.3 is 0 Å². The summed E-state index contributed by atoms with van der Waals surface area (Å²) in [6, 6.07) is 11.1. The predicted octanol–water partition coefficient (Wildman–Crippen LogP) is 3.79. The van der Waals surface area contributed by atoms with Crippen LogP contribution in [0.4, 0.5) is 11.5 Å². The first-order valence-corrected chi connectivity index (χ1v) is 11.6. The van der Waals surface area contributed by atoms with Crippen molar-refractivity contribution in [1.29, 1.82) is 0 Å². The number of pyridine rings is 1. The number of aromatic nitrogens is 1. The minimum Gasteiger partial charge on any atom is -0.497 e. The van der Waals surface area contributed by atoms with E-state index < -0.39 is 0 Å². The molecule has 2 aliphatic rings. The standard InChI is InChI=1S/C25H32N4O3/c1-32-22-12-10-21(11-13-22)29(18-24(30)27-20-7-3-2-4-8-20)25(31)19-9-14-23(26-17-19)28-15-5-6-16-28/h9-14,17,20H,2-8,15-16,18H2,1H3,(H,27,30). The van der Waals surface area contributed by atoms with E-state index in [1.165, 1.54) is 24.2 Å². The molecule has 0 bridgehead atoms. The van der Waals surface area contributed by atoms with Crippen LogP contribution in [-0.2, 0) is 4.79 Å². The molecule has 0 unspecified atom stereocenters. The molecule has 1 aromatic carbocycles. The van der Waals surface area contributed by atoms with Crippen LogP contribution in [0.2, 0.25) is 0 Å². The summed E-state index contributed by atoms with van der Waals surface area (Å²) in [6.45, 7) is 1.97. The summed E-state index contributed by atoms with van der Waals surface area (Å²) in [4.78, 5) is 34.5. The summed E-state index contributed by atoms with van der Waals surface area (Å²) in [5.41, 5.74) is 1.12. The van der Waals surface area contributed by atoms with Crippen LogP contribution in [0.5, 0.6) is 5.75 Å². The molecule has 1 saturated carbocycles. The second kappa shape index (κ2) is 10.5. The van der Waals surface area contributed by atoms with E-state index in [-0.39, 0.29) is 24.4 Å². The van der Waals surface area contributed by atoms with Crippen molar-refractivity contribution >= 4 is 23.3 Å². The molecule has 1 aromatic heterocycles. The van der Waals surface area contributed by atoms with Gasteiger partial charge in [0.2, 0.25) is 5.91 Å². The van der Waals surface area contributed by atoms with Crippen molar-refractivity contribution in [3.05, 3.63) is 48.2 Å². The summed E-state index contributed by atoms with van der Waals surface area (Å²) in [6.07, 6.45) is 9.47. The zero-order valence-corrected chi connectivity index (χ0v) is 18.8. The van der Waals surface area contributed by atoms with Gasteiger partial charge in [-0.1, -0.05) is 19.3 Å². The van der Waals surface area contributed by atoms with E-state index in [2.05, 4.69) is 15.2 Å². The Hall–Kier alpha value is -3.09. The van der Waals surface area contributed by atoms with Crippen LogP contribution in [0.3, 0.4) is 0 Å². The SMILES string of the molecule is COc1ccc(N(CC(=O)NC2CCCCC2)C(=O)c2ccc(N3CCCC3)nc2)cc1. The fraction of sp³-hybridized carbons (Fsp3) is 0.480. The Morgan fingerprint density at radius 1 is 1.03 bits per heavy atom. The highest BCUT2D eigenvalue weighted by atomic mass is 16.5. The molecule has 2 amide bonds. The third-order valence-corrected chi connectivity index (χ3v) is 6.33. The van der Waals surface area contributed by atoms with Gasteiger partial charge < -0.3 is 15.0 Å². The second-order valence-corrected chi connectivity index (χ2v) is 8.59. The molecular weight excluding hydrogens is 404 g/mol. The molecule has 2 fully saturated rings. The molecule has 1 saturated heterocycles. The first kappa shape index (κ1) is 22.1. The maximum atomic E-state index is 13.4. The smallest absolute Gasteiger partial charge is 0.260 e. The maximum Gasteiger partial charge on any atom is 0.260 e. The highest BCUT2D eigenvalue weighted by Crippen LogP contribution is 2.23. The van der Waals surface area contributed by atoms with E-state index in [9.17, 15) is 9.59 Å². The number of carbonyl (C=O) groups is 2. The molecule has 4 rings (SSSR count). The van der Waals surface area contributed by atoms with Crippen LogP contribution in [0, 0.1) is 0 Å². The van der Waals surface area contributed by atoms with E-state index in [1.54, 1.807) is 43.6 Å². The molecule has 0 radical (unpaired) electrons. The first-order valence-electron chi connectivity index (χ1n) is 11.6. The lowest BCUT2D eigenvalue weighted by atomic mass is 9.95. The number of amides is 2. The van der Waals surface area contributed by atoms with Crippen molar-refractivity contribution in [2.24, 2.45) is 0 Å².